The van der Waals surface area contributed by atoms with Gasteiger partial charge in [0.05, 0.1) is 23.8 Å². The summed E-state index contributed by atoms with van der Waals surface area (Å²) in [5.41, 5.74) is 4.44. The van der Waals surface area contributed by atoms with Crippen molar-refractivity contribution in [2.24, 2.45) is 0 Å². The maximum absolute atomic E-state index is 13.3. The maximum Gasteiger partial charge on any atom is 0.338 e. The summed E-state index contributed by atoms with van der Waals surface area (Å²) in [6.45, 7) is 4.25. The Hall–Kier alpha value is -4.72. The topological polar surface area (TPSA) is 113 Å². The van der Waals surface area contributed by atoms with Crippen LogP contribution in [0, 0.1) is 6.92 Å². The molecule has 2 aromatic carbocycles. The molecule has 5 rings (SSSR count). The molecule has 1 fully saturated rings. The van der Waals surface area contributed by atoms with Gasteiger partial charge in [0.2, 0.25) is 0 Å². The van der Waals surface area contributed by atoms with Crippen molar-refractivity contribution < 1.29 is 24.2 Å². The number of hydrogen-bond donors (Lipinski definition) is 2. The highest BCUT2D eigenvalue weighted by molar-refractivity contribution is 6.46. The number of H-pyrrole nitrogens is 1. The van der Waals surface area contributed by atoms with Crippen molar-refractivity contribution >= 4 is 34.3 Å². The lowest BCUT2D eigenvalue weighted by atomic mass is 9.95. The minimum atomic E-state index is -0.834. The number of ether oxygens (including phenoxy) is 1. The summed E-state index contributed by atoms with van der Waals surface area (Å²) in [5, 5.41) is 12.2. The number of hydrogen-bond acceptors (Lipinski definition) is 6. The number of aryl methyl sites for hydroxylation is 1. The normalized spacial score (nSPS) is 16.8. The van der Waals surface area contributed by atoms with Gasteiger partial charge in [-0.05, 0) is 67.3 Å². The van der Waals surface area contributed by atoms with Gasteiger partial charge >= 0.3 is 5.97 Å². The van der Waals surface area contributed by atoms with Crippen molar-refractivity contribution in [2.75, 3.05) is 13.2 Å². The molecule has 2 N–H and O–H groups in total. The number of Topliss-reactive ketones (excluding diaryl/α,β-unsaturated/α-hetero) is 1. The quantitative estimate of drug-likeness (QED) is 0.161. The first kappa shape index (κ1) is 25.0. The molecule has 1 aliphatic heterocycles. The monoisotopic (exact) mass is 509 g/mol. The van der Waals surface area contributed by atoms with Gasteiger partial charge in [-0.1, -0.05) is 24.3 Å². The van der Waals surface area contributed by atoms with E-state index >= 15 is 0 Å². The maximum atomic E-state index is 13.3. The molecule has 38 heavy (non-hydrogen) atoms. The summed E-state index contributed by atoms with van der Waals surface area (Å²) in [5.74, 6) is -2.20. The lowest BCUT2D eigenvalue weighted by Gasteiger charge is -2.25. The Kier molecular flexibility index (Phi) is 6.79. The van der Waals surface area contributed by atoms with Crippen LogP contribution in [-0.4, -0.2) is 50.8 Å². The highest BCUT2D eigenvalue weighted by Crippen LogP contribution is 2.39. The Labute approximate surface area is 219 Å². The number of benzene rings is 2. The van der Waals surface area contributed by atoms with Crippen LogP contribution in [0.5, 0.6) is 0 Å². The molecule has 3 heterocycles. The molecule has 0 saturated carbocycles. The van der Waals surface area contributed by atoms with Crippen molar-refractivity contribution in [2.45, 2.75) is 26.3 Å². The molecule has 0 aliphatic carbocycles. The van der Waals surface area contributed by atoms with Gasteiger partial charge in [-0.15, -0.1) is 0 Å². The first-order valence-electron chi connectivity index (χ1n) is 12.4. The van der Waals surface area contributed by atoms with E-state index < -0.39 is 23.7 Å². The van der Waals surface area contributed by atoms with Crippen LogP contribution < -0.4 is 0 Å². The highest BCUT2D eigenvalue weighted by atomic mass is 16.5. The number of aromatic amines is 1. The molecule has 1 unspecified atom stereocenters. The van der Waals surface area contributed by atoms with Gasteiger partial charge in [0, 0.05) is 41.6 Å². The van der Waals surface area contributed by atoms with E-state index in [2.05, 4.69) is 16.0 Å². The van der Waals surface area contributed by atoms with Crippen LogP contribution >= 0.6 is 0 Å². The molecule has 1 aliphatic rings. The van der Waals surface area contributed by atoms with Gasteiger partial charge < -0.3 is 19.7 Å². The Morgan fingerprint density at radius 2 is 1.89 bits per heavy atom. The van der Waals surface area contributed by atoms with E-state index in [4.69, 9.17) is 4.74 Å². The summed E-state index contributed by atoms with van der Waals surface area (Å²) in [7, 11) is 0. The van der Waals surface area contributed by atoms with Gasteiger partial charge in [0.15, 0.2) is 0 Å². The lowest BCUT2D eigenvalue weighted by molar-refractivity contribution is -0.139. The number of pyridine rings is 1. The summed E-state index contributed by atoms with van der Waals surface area (Å²) < 4.78 is 5.07. The zero-order chi connectivity index (χ0) is 26.8. The third kappa shape index (κ3) is 4.56. The summed E-state index contributed by atoms with van der Waals surface area (Å²) in [6.07, 6.45) is 5.42. The first-order chi connectivity index (χ1) is 18.4. The van der Waals surface area contributed by atoms with Crippen LogP contribution in [0.2, 0.25) is 0 Å². The van der Waals surface area contributed by atoms with Crippen LogP contribution in [0.25, 0.3) is 16.7 Å². The number of nitrogens with zero attached hydrogens (tertiary/aromatic N) is 2. The molecule has 0 spiro atoms. The summed E-state index contributed by atoms with van der Waals surface area (Å²) in [4.78, 5) is 47.5. The fourth-order valence-electron chi connectivity index (χ4n) is 4.88. The minimum Gasteiger partial charge on any atom is -0.507 e. The first-order valence-corrected chi connectivity index (χ1v) is 12.4. The Balaban J connectivity index is 1.54. The van der Waals surface area contributed by atoms with Gasteiger partial charge in [-0.25, -0.2) is 4.79 Å². The Bertz CT molecular complexity index is 1550. The van der Waals surface area contributed by atoms with Gasteiger partial charge in [0.25, 0.3) is 11.7 Å². The molecule has 192 valence electrons. The molecular formula is C30H27N3O5. The number of rotatable bonds is 7. The van der Waals surface area contributed by atoms with Crippen molar-refractivity contribution in [1.29, 1.82) is 0 Å². The number of ketones is 1. The molecule has 0 radical (unpaired) electrons. The Morgan fingerprint density at radius 3 is 2.61 bits per heavy atom. The van der Waals surface area contributed by atoms with Crippen molar-refractivity contribution in [1.82, 2.24) is 14.9 Å². The minimum absolute atomic E-state index is 0.0126. The fourth-order valence-corrected chi connectivity index (χ4v) is 4.88. The predicted octanol–water partition coefficient (Wildman–Crippen LogP) is 4.71. The number of aliphatic hydroxyl groups excluding tert-OH is 1. The zero-order valence-corrected chi connectivity index (χ0v) is 21.1. The van der Waals surface area contributed by atoms with Crippen molar-refractivity contribution in [3.8, 4) is 0 Å². The second-order valence-electron chi connectivity index (χ2n) is 9.19. The van der Waals surface area contributed by atoms with E-state index in [1.165, 1.54) is 11.1 Å². The van der Waals surface area contributed by atoms with E-state index in [9.17, 15) is 19.5 Å². The van der Waals surface area contributed by atoms with E-state index in [0.717, 1.165) is 22.0 Å². The number of carbonyl (C=O) groups is 3. The largest absolute Gasteiger partial charge is 0.507 e. The van der Waals surface area contributed by atoms with Crippen molar-refractivity contribution in [3.63, 3.8) is 0 Å². The van der Waals surface area contributed by atoms with Gasteiger partial charge in [-0.2, -0.15) is 0 Å². The third-order valence-electron chi connectivity index (χ3n) is 6.76. The molecule has 8 heteroatoms. The number of fused-ring (bicyclic) bond motifs is 1. The smallest absolute Gasteiger partial charge is 0.338 e. The van der Waals surface area contributed by atoms with E-state index in [-0.39, 0.29) is 24.5 Å². The number of aliphatic hydroxyl groups is 1. The number of amides is 1. The van der Waals surface area contributed by atoms with Gasteiger partial charge in [-0.3, -0.25) is 14.6 Å². The van der Waals surface area contributed by atoms with Crippen LogP contribution in [-0.2, 0) is 20.7 Å². The molecule has 1 amide bonds. The zero-order valence-electron chi connectivity index (χ0n) is 21.1. The molecule has 2 aromatic heterocycles. The molecule has 8 nitrogen and oxygen atoms in total. The van der Waals surface area contributed by atoms with Crippen LogP contribution in [0.15, 0.2) is 78.8 Å². The van der Waals surface area contributed by atoms with Crippen LogP contribution in [0.4, 0.5) is 0 Å². The van der Waals surface area contributed by atoms with Gasteiger partial charge in [0.1, 0.15) is 5.76 Å². The lowest BCUT2D eigenvalue weighted by Crippen LogP contribution is -2.31. The number of esters is 1. The van der Waals surface area contributed by atoms with Crippen LogP contribution in [0.1, 0.15) is 45.6 Å². The predicted molar refractivity (Wildman–Crippen MR) is 142 cm³/mol. The average Bonchev–Trinajstić information content (AvgIpc) is 3.45. The number of nitrogens with one attached hydrogen (secondary N) is 1. The molecule has 1 atom stereocenters. The number of likely N-dealkylation sites (tertiary alicyclic amines) is 1. The summed E-state index contributed by atoms with van der Waals surface area (Å²) >= 11 is 0. The van der Waals surface area contributed by atoms with Crippen molar-refractivity contribution in [3.05, 3.63) is 107 Å². The number of carbonyl (C=O) groups excluding carboxylic acids is 3. The van der Waals surface area contributed by atoms with E-state index in [0.29, 0.717) is 23.1 Å². The summed E-state index contributed by atoms with van der Waals surface area (Å²) in [6, 6.07) is 15.1. The second kappa shape index (κ2) is 10.3. The molecule has 1 saturated heterocycles. The molecule has 0 bridgehead atoms. The second-order valence-corrected chi connectivity index (χ2v) is 9.19. The SMILES string of the molecule is CCOC(=O)c1ccc(C2/C(=C(\O)c3cccnc3)C(=O)C(=O)N2CCc2c[nH]c3cc(C)ccc23)cc1. The molecular weight excluding hydrogens is 482 g/mol. The number of aromatic nitrogens is 2. The fraction of sp³-hybridized carbons (Fsp3) is 0.200. The average molecular weight is 510 g/mol. The Morgan fingerprint density at radius 1 is 1.11 bits per heavy atom. The van der Waals surface area contributed by atoms with Crippen LogP contribution in [0.3, 0.4) is 0 Å². The standard InChI is InChI=1S/C30H27N3O5/c1-3-38-30(37)20-9-7-19(8-10-20)26-25(27(34)22-5-4-13-31-16-22)28(35)29(36)33(26)14-12-21-17-32-24-15-18(2)6-11-23(21)24/h4-11,13,15-17,26,32,34H,3,12,14H2,1-2H3/b27-25+. The van der Waals surface area contributed by atoms with E-state index in [1.807, 2.05) is 25.3 Å². The molecule has 4 aromatic rings. The highest BCUT2D eigenvalue weighted by Gasteiger charge is 2.46. The third-order valence-corrected chi connectivity index (χ3v) is 6.76. The van der Waals surface area contributed by atoms with E-state index in [1.54, 1.807) is 49.5 Å².